The molecule has 0 radical (unpaired) electrons. The van der Waals surface area contributed by atoms with E-state index in [1.807, 2.05) is 53.4 Å². The SMILES string of the molecule is CC(C)C(CC(=O)N[C@H](C(=O)N1CCCC1)c1ccccc1)c1ccccc1. The van der Waals surface area contributed by atoms with Gasteiger partial charge in [0.05, 0.1) is 0 Å². The maximum Gasteiger partial charge on any atom is 0.249 e. The zero-order valence-corrected chi connectivity index (χ0v) is 16.8. The second kappa shape index (κ2) is 9.54. The predicted molar refractivity (Wildman–Crippen MR) is 112 cm³/mol. The Kier molecular flexibility index (Phi) is 6.85. The molecule has 0 saturated carbocycles. The highest BCUT2D eigenvalue weighted by Gasteiger charge is 2.30. The standard InChI is InChI=1S/C24H30N2O2/c1-18(2)21(19-11-5-3-6-12-19)17-22(27)25-23(20-13-7-4-8-14-20)24(28)26-15-9-10-16-26/h3-8,11-14,18,21,23H,9-10,15-17H2,1-2H3,(H,25,27)/t21?,23-/m0/s1. The van der Waals surface area contributed by atoms with Gasteiger partial charge in [-0.05, 0) is 35.8 Å². The van der Waals surface area contributed by atoms with Crippen molar-refractivity contribution in [1.82, 2.24) is 10.2 Å². The Hall–Kier alpha value is -2.62. The van der Waals surface area contributed by atoms with Crippen LogP contribution in [-0.2, 0) is 9.59 Å². The molecule has 0 aliphatic carbocycles. The van der Waals surface area contributed by atoms with Crippen molar-refractivity contribution in [3.05, 3.63) is 71.8 Å². The number of carbonyl (C=O) groups excluding carboxylic acids is 2. The van der Waals surface area contributed by atoms with Gasteiger partial charge in [-0.2, -0.15) is 0 Å². The summed E-state index contributed by atoms with van der Waals surface area (Å²) >= 11 is 0. The summed E-state index contributed by atoms with van der Waals surface area (Å²) in [5.41, 5.74) is 2.00. The van der Waals surface area contributed by atoms with Crippen LogP contribution in [0.1, 0.15) is 56.2 Å². The van der Waals surface area contributed by atoms with E-state index >= 15 is 0 Å². The van der Waals surface area contributed by atoms with Gasteiger partial charge < -0.3 is 10.2 Å². The summed E-state index contributed by atoms with van der Waals surface area (Å²) < 4.78 is 0. The number of nitrogens with one attached hydrogen (secondary N) is 1. The highest BCUT2D eigenvalue weighted by Crippen LogP contribution is 2.28. The third-order valence-electron chi connectivity index (χ3n) is 5.54. The normalized spacial score (nSPS) is 16.0. The van der Waals surface area contributed by atoms with E-state index in [-0.39, 0.29) is 17.7 Å². The summed E-state index contributed by atoms with van der Waals surface area (Å²) in [5.74, 6) is 0.374. The van der Waals surface area contributed by atoms with Gasteiger partial charge in [-0.3, -0.25) is 9.59 Å². The van der Waals surface area contributed by atoms with E-state index in [1.54, 1.807) is 0 Å². The molecule has 4 heteroatoms. The zero-order valence-electron chi connectivity index (χ0n) is 16.8. The second-order valence-corrected chi connectivity index (χ2v) is 7.91. The lowest BCUT2D eigenvalue weighted by atomic mass is 9.85. The minimum absolute atomic E-state index is 0.00198. The lowest BCUT2D eigenvalue weighted by Crippen LogP contribution is -2.42. The predicted octanol–water partition coefficient (Wildman–Crippen LogP) is 4.30. The molecule has 0 aromatic heterocycles. The maximum atomic E-state index is 13.1. The minimum atomic E-state index is -0.615. The molecule has 0 bridgehead atoms. The lowest BCUT2D eigenvalue weighted by molar-refractivity contribution is -0.136. The summed E-state index contributed by atoms with van der Waals surface area (Å²) in [4.78, 5) is 27.9. The Morgan fingerprint density at radius 3 is 1.96 bits per heavy atom. The molecule has 2 aromatic rings. The first kappa shape index (κ1) is 20.1. The number of carbonyl (C=O) groups is 2. The summed E-state index contributed by atoms with van der Waals surface area (Å²) in [7, 11) is 0. The summed E-state index contributed by atoms with van der Waals surface area (Å²) in [6, 6.07) is 19.1. The highest BCUT2D eigenvalue weighted by atomic mass is 16.2. The van der Waals surface area contributed by atoms with Gasteiger partial charge in [0.15, 0.2) is 0 Å². The van der Waals surface area contributed by atoms with Crippen LogP contribution in [0.4, 0.5) is 0 Å². The molecule has 1 heterocycles. The van der Waals surface area contributed by atoms with Crippen molar-refractivity contribution >= 4 is 11.8 Å². The maximum absolute atomic E-state index is 13.1. The topological polar surface area (TPSA) is 49.4 Å². The van der Waals surface area contributed by atoms with Crippen LogP contribution in [0.3, 0.4) is 0 Å². The molecule has 2 amide bonds. The number of amides is 2. The Labute approximate surface area is 167 Å². The molecule has 4 nitrogen and oxygen atoms in total. The number of rotatable bonds is 7. The van der Waals surface area contributed by atoms with Crippen LogP contribution in [0.15, 0.2) is 60.7 Å². The Morgan fingerprint density at radius 2 is 1.43 bits per heavy atom. The summed E-state index contributed by atoms with van der Waals surface area (Å²) in [6.07, 6.45) is 2.44. The van der Waals surface area contributed by atoms with Gasteiger partial charge in [-0.25, -0.2) is 0 Å². The van der Waals surface area contributed by atoms with Gasteiger partial charge in [-0.1, -0.05) is 74.5 Å². The first-order valence-electron chi connectivity index (χ1n) is 10.2. The fraction of sp³-hybridized carbons (Fsp3) is 0.417. The molecule has 1 aliphatic heterocycles. The number of benzene rings is 2. The molecular formula is C24H30N2O2. The van der Waals surface area contributed by atoms with Crippen molar-refractivity contribution in [1.29, 1.82) is 0 Å². The monoisotopic (exact) mass is 378 g/mol. The van der Waals surface area contributed by atoms with Gasteiger partial charge in [0.2, 0.25) is 11.8 Å². The average molecular weight is 379 g/mol. The molecule has 1 fully saturated rings. The van der Waals surface area contributed by atoms with Crippen LogP contribution < -0.4 is 5.32 Å². The van der Waals surface area contributed by atoms with Gasteiger partial charge in [-0.15, -0.1) is 0 Å². The van der Waals surface area contributed by atoms with Crippen molar-refractivity contribution in [3.8, 4) is 0 Å². The fourth-order valence-corrected chi connectivity index (χ4v) is 3.91. The molecule has 1 N–H and O–H groups in total. The van der Waals surface area contributed by atoms with E-state index in [1.165, 1.54) is 0 Å². The molecule has 3 rings (SSSR count). The van der Waals surface area contributed by atoms with E-state index in [0.29, 0.717) is 12.3 Å². The molecular weight excluding hydrogens is 348 g/mol. The highest BCUT2D eigenvalue weighted by molar-refractivity contribution is 5.89. The molecule has 2 atom stereocenters. The Morgan fingerprint density at radius 1 is 0.893 bits per heavy atom. The quantitative estimate of drug-likeness (QED) is 0.781. The number of nitrogens with zero attached hydrogens (tertiary/aromatic N) is 1. The van der Waals surface area contributed by atoms with Crippen LogP contribution in [0.2, 0.25) is 0 Å². The van der Waals surface area contributed by atoms with Crippen molar-refractivity contribution in [2.45, 2.75) is 45.1 Å². The molecule has 148 valence electrons. The van der Waals surface area contributed by atoms with E-state index in [4.69, 9.17) is 0 Å². The largest absolute Gasteiger partial charge is 0.341 e. The zero-order chi connectivity index (χ0) is 19.9. The van der Waals surface area contributed by atoms with Crippen LogP contribution in [0.5, 0.6) is 0 Å². The minimum Gasteiger partial charge on any atom is -0.341 e. The number of hydrogen-bond donors (Lipinski definition) is 1. The van der Waals surface area contributed by atoms with E-state index in [0.717, 1.165) is 37.1 Å². The van der Waals surface area contributed by atoms with E-state index < -0.39 is 6.04 Å². The molecule has 28 heavy (non-hydrogen) atoms. The first-order valence-corrected chi connectivity index (χ1v) is 10.2. The fourth-order valence-electron chi connectivity index (χ4n) is 3.91. The number of hydrogen-bond acceptors (Lipinski definition) is 2. The second-order valence-electron chi connectivity index (χ2n) is 7.91. The molecule has 1 unspecified atom stereocenters. The average Bonchev–Trinajstić information content (AvgIpc) is 3.26. The van der Waals surface area contributed by atoms with Gasteiger partial charge in [0.25, 0.3) is 0 Å². The van der Waals surface area contributed by atoms with Crippen LogP contribution in [-0.4, -0.2) is 29.8 Å². The van der Waals surface area contributed by atoms with Crippen molar-refractivity contribution < 1.29 is 9.59 Å². The van der Waals surface area contributed by atoms with Gasteiger partial charge >= 0.3 is 0 Å². The molecule has 1 saturated heterocycles. The Balaban J connectivity index is 1.76. The van der Waals surface area contributed by atoms with E-state index in [2.05, 4.69) is 31.3 Å². The van der Waals surface area contributed by atoms with Crippen LogP contribution in [0.25, 0.3) is 0 Å². The third-order valence-corrected chi connectivity index (χ3v) is 5.54. The van der Waals surface area contributed by atoms with Crippen LogP contribution >= 0.6 is 0 Å². The first-order chi connectivity index (χ1) is 13.6. The smallest absolute Gasteiger partial charge is 0.249 e. The Bertz CT molecular complexity index is 768. The van der Waals surface area contributed by atoms with Gasteiger partial charge in [0.1, 0.15) is 6.04 Å². The van der Waals surface area contributed by atoms with E-state index in [9.17, 15) is 9.59 Å². The third kappa shape index (κ3) is 5.00. The van der Waals surface area contributed by atoms with Crippen molar-refractivity contribution in [2.75, 3.05) is 13.1 Å². The summed E-state index contributed by atoms with van der Waals surface area (Å²) in [5, 5.41) is 3.03. The molecule has 2 aromatic carbocycles. The van der Waals surface area contributed by atoms with Crippen LogP contribution in [0, 0.1) is 5.92 Å². The summed E-state index contributed by atoms with van der Waals surface area (Å²) in [6.45, 7) is 5.82. The van der Waals surface area contributed by atoms with Crippen molar-refractivity contribution in [3.63, 3.8) is 0 Å². The van der Waals surface area contributed by atoms with Crippen molar-refractivity contribution in [2.24, 2.45) is 5.92 Å². The number of likely N-dealkylation sites (tertiary alicyclic amines) is 1. The lowest BCUT2D eigenvalue weighted by Gasteiger charge is -2.26. The van der Waals surface area contributed by atoms with Gasteiger partial charge in [0, 0.05) is 19.5 Å². The molecule has 0 spiro atoms. The molecule has 1 aliphatic rings.